The van der Waals surface area contributed by atoms with Gasteiger partial charge in [0.2, 0.25) is 0 Å². The summed E-state index contributed by atoms with van der Waals surface area (Å²) >= 11 is 0. The highest BCUT2D eigenvalue weighted by molar-refractivity contribution is 5.34. The van der Waals surface area contributed by atoms with E-state index in [1.807, 2.05) is 0 Å². The Balaban J connectivity index is 2.35. The summed E-state index contributed by atoms with van der Waals surface area (Å²) in [4.78, 5) is 0. The van der Waals surface area contributed by atoms with E-state index >= 15 is 0 Å². The quantitative estimate of drug-likeness (QED) is 0.637. The minimum absolute atomic E-state index is 0.359. The fraction of sp³-hybridized carbons (Fsp3) is 0.625. The first-order chi connectivity index (χ1) is 7.63. The van der Waals surface area contributed by atoms with Crippen LogP contribution in [0, 0.1) is 5.92 Å². The van der Waals surface area contributed by atoms with Crippen LogP contribution in [0.2, 0.25) is 0 Å². The molecule has 88 valence electrons. The Labute approximate surface area is 100 Å². The number of hydrogen-bond acceptors (Lipinski definition) is 0. The summed E-state index contributed by atoms with van der Waals surface area (Å²) in [6.07, 6.45) is 6.74. The van der Waals surface area contributed by atoms with Gasteiger partial charge >= 0.3 is 0 Å². The third-order valence-electron chi connectivity index (χ3n) is 4.18. The van der Waals surface area contributed by atoms with E-state index in [-0.39, 0.29) is 0 Å². The molecule has 0 saturated carbocycles. The molecule has 0 saturated heterocycles. The van der Waals surface area contributed by atoms with Crippen molar-refractivity contribution in [2.45, 2.75) is 58.3 Å². The molecule has 1 atom stereocenters. The first-order valence-corrected chi connectivity index (χ1v) is 6.72. The average molecular weight is 216 g/mol. The molecule has 0 spiro atoms. The molecule has 0 radical (unpaired) electrons. The Morgan fingerprint density at radius 3 is 2.75 bits per heavy atom. The minimum atomic E-state index is 0.359. The van der Waals surface area contributed by atoms with Crippen LogP contribution in [-0.2, 0) is 11.8 Å². The minimum Gasteiger partial charge on any atom is -0.0651 e. The molecule has 1 aromatic carbocycles. The van der Waals surface area contributed by atoms with Gasteiger partial charge in [-0.2, -0.15) is 0 Å². The van der Waals surface area contributed by atoms with Gasteiger partial charge in [0.25, 0.3) is 0 Å². The van der Waals surface area contributed by atoms with E-state index in [1.165, 1.54) is 32.1 Å². The van der Waals surface area contributed by atoms with Crippen molar-refractivity contribution < 1.29 is 0 Å². The second kappa shape index (κ2) is 4.61. The van der Waals surface area contributed by atoms with E-state index in [2.05, 4.69) is 45.0 Å². The van der Waals surface area contributed by atoms with Crippen molar-refractivity contribution in [1.82, 2.24) is 0 Å². The van der Waals surface area contributed by atoms with E-state index in [0.29, 0.717) is 5.41 Å². The molecule has 1 unspecified atom stereocenters. The van der Waals surface area contributed by atoms with Crippen LogP contribution in [-0.4, -0.2) is 0 Å². The van der Waals surface area contributed by atoms with Gasteiger partial charge < -0.3 is 0 Å². The largest absolute Gasteiger partial charge is 0.0651 e. The number of benzene rings is 1. The summed E-state index contributed by atoms with van der Waals surface area (Å²) in [6, 6.07) is 9.05. The fourth-order valence-corrected chi connectivity index (χ4v) is 3.26. The fourth-order valence-electron chi connectivity index (χ4n) is 3.26. The van der Waals surface area contributed by atoms with Crippen molar-refractivity contribution in [3.8, 4) is 0 Å². The summed E-state index contributed by atoms with van der Waals surface area (Å²) in [5, 5.41) is 0. The summed E-state index contributed by atoms with van der Waals surface area (Å²) in [5.74, 6) is 0.920. The summed E-state index contributed by atoms with van der Waals surface area (Å²) < 4.78 is 0. The second-order valence-corrected chi connectivity index (χ2v) is 5.91. The lowest BCUT2D eigenvalue weighted by molar-refractivity contribution is 0.317. The van der Waals surface area contributed by atoms with E-state index in [0.717, 1.165) is 5.92 Å². The molecule has 0 nitrogen and oxygen atoms in total. The van der Waals surface area contributed by atoms with Crippen molar-refractivity contribution in [2.24, 2.45) is 5.92 Å². The Bertz CT molecular complexity index is 349. The SMILES string of the molecule is CCC1CCCc2ccccc2C(C)(C)C1. The molecule has 1 aliphatic carbocycles. The molecular formula is C16H24. The Hall–Kier alpha value is -0.780. The molecule has 0 heteroatoms. The Morgan fingerprint density at radius 1 is 1.25 bits per heavy atom. The maximum atomic E-state index is 2.42. The highest BCUT2D eigenvalue weighted by Crippen LogP contribution is 2.38. The molecule has 0 amide bonds. The Morgan fingerprint density at radius 2 is 2.00 bits per heavy atom. The number of fused-ring (bicyclic) bond motifs is 1. The third-order valence-corrected chi connectivity index (χ3v) is 4.18. The maximum absolute atomic E-state index is 2.42. The molecule has 0 heterocycles. The van der Waals surface area contributed by atoms with Gasteiger partial charge in [-0.05, 0) is 41.7 Å². The topological polar surface area (TPSA) is 0 Å². The lowest BCUT2D eigenvalue weighted by Gasteiger charge is -2.34. The van der Waals surface area contributed by atoms with Crippen LogP contribution in [0.3, 0.4) is 0 Å². The van der Waals surface area contributed by atoms with Crippen molar-refractivity contribution in [3.05, 3.63) is 35.4 Å². The zero-order valence-corrected chi connectivity index (χ0v) is 10.9. The third kappa shape index (κ3) is 2.31. The van der Waals surface area contributed by atoms with E-state index in [4.69, 9.17) is 0 Å². The molecular weight excluding hydrogens is 192 g/mol. The summed E-state index contributed by atoms with van der Waals surface area (Å²) in [7, 11) is 0. The monoisotopic (exact) mass is 216 g/mol. The molecule has 0 fully saturated rings. The van der Waals surface area contributed by atoms with Gasteiger partial charge in [0.05, 0.1) is 0 Å². The van der Waals surface area contributed by atoms with E-state index < -0.39 is 0 Å². The Kier molecular flexibility index (Phi) is 3.37. The van der Waals surface area contributed by atoms with Gasteiger partial charge in [0.1, 0.15) is 0 Å². The second-order valence-electron chi connectivity index (χ2n) is 5.91. The maximum Gasteiger partial charge on any atom is -0.00982 e. The molecule has 1 aliphatic rings. The number of aryl methyl sites for hydroxylation is 1. The first kappa shape index (κ1) is 11.7. The molecule has 16 heavy (non-hydrogen) atoms. The number of hydrogen-bond donors (Lipinski definition) is 0. The van der Waals surface area contributed by atoms with E-state index in [9.17, 15) is 0 Å². The summed E-state index contributed by atoms with van der Waals surface area (Å²) in [5.41, 5.74) is 3.53. The van der Waals surface area contributed by atoms with Gasteiger partial charge in [-0.15, -0.1) is 0 Å². The van der Waals surface area contributed by atoms with Crippen LogP contribution in [0.15, 0.2) is 24.3 Å². The zero-order chi connectivity index (χ0) is 11.6. The van der Waals surface area contributed by atoms with Crippen LogP contribution < -0.4 is 0 Å². The van der Waals surface area contributed by atoms with Crippen LogP contribution >= 0.6 is 0 Å². The standard InChI is InChI=1S/C16H24/c1-4-13-8-7-10-14-9-5-6-11-15(14)16(2,3)12-13/h5-6,9,11,13H,4,7-8,10,12H2,1-3H3. The highest BCUT2D eigenvalue weighted by atomic mass is 14.3. The van der Waals surface area contributed by atoms with Gasteiger partial charge in [-0.1, -0.05) is 57.9 Å². The molecule has 0 N–H and O–H groups in total. The molecule has 0 bridgehead atoms. The normalized spacial score (nSPS) is 24.3. The van der Waals surface area contributed by atoms with Crippen molar-refractivity contribution in [2.75, 3.05) is 0 Å². The first-order valence-electron chi connectivity index (χ1n) is 6.72. The summed E-state index contributed by atoms with van der Waals surface area (Å²) in [6.45, 7) is 7.17. The van der Waals surface area contributed by atoms with Gasteiger partial charge in [0, 0.05) is 0 Å². The predicted octanol–water partition coefficient (Wildman–Crippen LogP) is 4.72. The van der Waals surface area contributed by atoms with Crippen LogP contribution in [0.4, 0.5) is 0 Å². The van der Waals surface area contributed by atoms with Crippen LogP contribution in [0.1, 0.15) is 57.6 Å². The van der Waals surface area contributed by atoms with Crippen LogP contribution in [0.25, 0.3) is 0 Å². The highest BCUT2D eigenvalue weighted by Gasteiger charge is 2.28. The van der Waals surface area contributed by atoms with Crippen molar-refractivity contribution in [1.29, 1.82) is 0 Å². The average Bonchev–Trinajstić information content (AvgIpc) is 2.26. The van der Waals surface area contributed by atoms with E-state index in [1.54, 1.807) is 11.1 Å². The molecule has 2 rings (SSSR count). The predicted molar refractivity (Wildman–Crippen MR) is 70.8 cm³/mol. The number of rotatable bonds is 1. The van der Waals surface area contributed by atoms with Crippen molar-refractivity contribution in [3.63, 3.8) is 0 Å². The lowest BCUT2D eigenvalue weighted by atomic mass is 9.71. The van der Waals surface area contributed by atoms with Gasteiger partial charge in [0.15, 0.2) is 0 Å². The van der Waals surface area contributed by atoms with Gasteiger partial charge in [-0.3, -0.25) is 0 Å². The molecule has 0 aliphatic heterocycles. The zero-order valence-electron chi connectivity index (χ0n) is 10.9. The van der Waals surface area contributed by atoms with Crippen molar-refractivity contribution >= 4 is 0 Å². The molecule has 0 aromatic heterocycles. The molecule has 1 aromatic rings. The lowest BCUT2D eigenvalue weighted by Crippen LogP contribution is -2.25. The van der Waals surface area contributed by atoms with Gasteiger partial charge in [-0.25, -0.2) is 0 Å². The smallest absolute Gasteiger partial charge is 0.00982 e. The van der Waals surface area contributed by atoms with Crippen LogP contribution in [0.5, 0.6) is 0 Å².